The first-order chi connectivity index (χ1) is 8.33. The molecule has 5 heteroatoms. The van der Waals surface area contributed by atoms with E-state index >= 15 is 0 Å². The zero-order valence-electron chi connectivity index (χ0n) is 8.81. The van der Waals surface area contributed by atoms with Crippen molar-refractivity contribution in [2.75, 3.05) is 5.32 Å². The number of fused-ring (bicyclic) bond motifs is 1. The third-order valence-corrected chi connectivity index (χ3v) is 2.64. The fourth-order valence-corrected chi connectivity index (χ4v) is 1.83. The summed E-state index contributed by atoms with van der Waals surface area (Å²) < 4.78 is 0. The lowest BCUT2D eigenvalue weighted by molar-refractivity contribution is 1.12. The number of halogens is 1. The number of nitrogens with one attached hydrogen (secondary N) is 2. The maximum atomic E-state index is 5.92. The summed E-state index contributed by atoms with van der Waals surface area (Å²) in [7, 11) is 0. The summed E-state index contributed by atoms with van der Waals surface area (Å²) in [4.78, 5) is 4.27. The Morgan fingerprint density at radius 2 is 2.12 bits per heavy atom. The van der Waals surface area contributed by atoms with Crippen LogP contribution in [0.5, 0.6) is 0 Å². The summed E-state index contributed by atoms with van der Waals surface area (Å²) in [5, 5.41) is 11.0. The van der Waals surface area contributed by atoms with Gasteiger partial charge in [-0.1, -0.05) is 17.7 Å². The van der Waals surface area contributed by atoms with Crippen molar-refractivity contribution in [2.45, 2.75) is 0 Å². The molecule has 0 saturated carbocycles. The van der Waals surface area contributed by atoms with E-state index < -0.39 is 0 Å². The van der Waals surface area contributed by atoms with E-state index in [2.05, 4.69) is 20.5 Å². The maximum absolute atomic E-state index is 5.92. The molecule has 0 saturated heterocycles. The smallest absolute Gasteiger partial charge is 0.178 e. The van der Waals surface area contributed by atoms with Gasteiger partial charge < -0.3 is 5.32 Å². The number of hydrogen-bond donors (Lipinski definition) is 2. The van der Waals surface area contributed by atoms with E-state index in [9.17, 15) is 0 Å². The summed E-state index contributed by atoms with van der Waals surface area (Å²) in [6.45, 7) is 0. The Morgan fingerprint density at radius 3 is 3.00 bits per heavy atom. The van der Waals surface area contributed by atoms with E-state index in [4.69, 9.17) is 11.6 Å². The Morgan fingerprint density at radius 1 is 1.18 bits per heavy atom. The number of aromatic nitrogens is 3. The molecule has 0 amide bonds. The largest absolute Gasteiger partial charge is 0.337 e. The van der Waals surface area contributed by atoms with Crippen LogP contribution in [0.4, 0.5) is 11.5 Å². The van der Waals surface area contributed by atoms with Gasteiger partial charge in [0, 0.05) is 16.9 Å². The SMILES string of the molecule is Clc1cccc(Nc2n[nH]c3cccnc23)c1. The molecule has 0 aliphatic carbocycles. The molecule has 17 heavy (non-hydrogen) atoms. The quantitative estimate of drug-likeness (QED) is 0.727. The lowest BCUT2D eigenvalue weighted by Crippen LogP contribution is -1.91. The number of aromatic amines is 1. The fourth-order valence-electron chi connectivity index (χ4n) is 1.64. The minimum Gasteiger partial charge on any atom is -0.337 e. The van der Waals surface area contributed by atoms with Gasteiger partial charge in [-0.15, -0.1) is 0 Å². The number of pyridine rings is 1. The van der Waals surface area contributed by atoms with Crippen molar-refractivity contribution < 1.29 is 0 Å². The standard InChI is InChI=1S/C12H9ClN4/c13-8-3-1-4-9(7-8)15-12-11-10(16-17-12)5-2-6-14-11/h1-7H,(H2,15,16,17). The fraction of sp³-hybridized carbons (Fsp3) is 0. The molecule has 0 aliphatic heterocycles. The Kier molecular flexibility index (Phi) is 2.42. The first kappa shape index (κ1) is 10.1. The minimum atomic E-state index is 0.683. The minimum absolute atomic E-state index is 0.683. The second-order valence-electron chi connectivity index (χ2n) is 3.61. The Hall–Kier alpha value is -2.07. The summed E-state index contributed by atoms with van der Waals surface area (Å²) in [5.41, 5.74) is 2.60. The molecule has 2 heterocycles. The predicted octanol–water partition coefficient (Wildman–Crippen LogP) is 3.35. The van der Waals surface area contributed by atoms with Crippen LogP contribution in [0.25, 0.3) is 11.0 Å². The molecule has 3 aromatic rings. The summed E-state index contributed by atoms with van der Waals surface area (Å²) in [6.07, 6.45) is 1.74. The molecule has 2 N–H and O–H groups in total. The average Bonchev–Trinajstić information content (AvgIpc) is 2.73. The van der Waals surface area contributed by atoms with Crippen molar-refractivity contribution in [3.8, 4) is 0 Å². The maximum Gasteiger partial charge on any atom is 0.178 e. The molecule has 0 bridgehead atoms. The van der Waals surface area contributed by atoms with Gasteiger partial charge >= 0.3 is 0 Å². The Labute approximate surface area is 103 Å². The Balaban J connectivity index is 2.00. The second kappa shape index (κ2) is 4.07. The average molecular weight is 245 g/mol. The molecule has 4 nitrogen and oxygen atoms in total. The summed E-state index contributed by atoms with van der Waals surface area (Å²) in [6, 6.07) is 11.3. The van der Waals surface area contributed by atoms with Crippen molar-refractivity contribution in [1.82, 2.24) is 15.2 Å². The number of rotatable bonds is 2. The molecule has 2 aromatic heterocycles. The molecular weight excluding hydrogens is 236 g/mol. The van der Waals surface area contributed by atoms with Crippen LogP contribution in [0.3, 0.4) is 0 Å². The predicted molar refractivity (Wildman–Crippen MR) is 68.6 cm³/mol. The van der Waals surface area contributed by atoms with Crippen molar-refractivity contribution in [1.29, 1.82) is 0 Å². The zero-order valence-corrected chi connectivity index (χ0v) is 9.57. The highest BCUT2D eigenvalue weighted by Crippen LogP contribution is 2.23. The number of anilines is 2. The number of hydrogen-bond acceptors (Lipinski definition) is 3. The van der Waals surface area contributed by atoms with Crippen LogP contribution in [0.15, 0.2) is 42.6 Å². The number of H-pyrrole nitrogens is 1. The molecule has 0 fully saturated rings. The Bertz CT molecular complexity index is 662. The molecule has 0 aliphatic rings. The third-order valence-electron chi connectivity index (χ3n) is 2.41. The van der Waals surface area contributed by atoms with Crippen molar-refractivity contribution >= 4 is 34.1 Å². The van der Waals surface area contributed by atoms with Gasteiger partial charge in [-0.05, 0) is 30.3 Å². The van der Waals surface area contributed by atoms with E-state index in [0.29, 0.717) is 10.8 Å². The number of benzene rings is 1. The molecule has 3 rings (SSSR count). The molecule has 0 unspecified atom stereocenters. The van der Waals surface area contributed by atoms with Crippen LogP contribution in [0.1, 0.15) is 0 Å². The van der Waals surface area contributed by atoms with Crippen LogP contribution in [-0.2, 0) is 0 Å². The van der Waals surface area contributed by atoms with Gasteiger partial charge in [0.1, 0.15) is 5.52 Å². The van der Waals surface area contributed by atoms with Crippen LogP contribution < -0.4 is 5.32 Å². The van der Waals surface area contributed by atoms with Gasteiger partial charge in [-0.25, -0.2) is 0 Å². The van der Waals surface area contributed by atoms with Gasteiger partial charge in [0.05, 0.1) is 5.52 Å². The zero-order chi connectivity index (χ0) is 11.7. The highest BCUT2D eigenvalue weighted by molar-refractivity contribution is 6.30. The van der Waals surface area contributed by atoms with Gasteiger partial charge in [-0.2, -0.15) is 5.10 Å². The molecule has 0 atom stereocenters. The molecule has 0 spiro atoms. The van der Waals surface area contributed by atoms with Crippen molar-refractivity contribution in [3.05, 3.63) is 47.6 Å². The number of nitrogens with zero attached hydrogens (tertiary/aromatic N) is 2. The van der Waals surface area contributed by atoms with Crippen LogP contribution in [0, 0.1) is 0 Å². The first-order valence-corrected chi connectivity index (χ1v) is 5.52. The third kappa shape index (κ3) is 1.94. The lowest BCUT2D eigenvalue weighted by Gasteiger charge is -2.02. The molecule has 84 valence electrons. The summed E-state index contributed by atoms with van der Waals surface area (Å²) in [5.74, 6) is 0.697. The molecule has 1 aromatic carbocycles. The van der Waals surface area contributed by atoms with E-state index in [-0.39, 0.29) is 0 Å². The van der Waals surface area contributed by atoms with Gasteiger partial charge in [0.25, 0.3) is 0 Å². The van der Waals surface area contributed by atoms with Gasteiger partial charge in [0.15, 0.2) is 5.82 Å². The van der Waals surface area contributed by atoms with E-state index in [1.54, 1.807) is 6.20 Å². The van der Waals surface area contributed by atoms with Gasteiger partial charge in [-0.3, -0.25) is 10.1 Å². The van der Waals surface area contributed by atoms with Crippen molar-refractivity contribution in [2.24, 2.45) is 0 Å². The topological polar surface area (TPSA) is 53.6 Å². The van der Waals surface area contributed by atoms with Crippen LogP contribution >= 0.6 is 11.6 Å². The van der Waals surface area contributed by atoms with E-state index in [0.717, 1.165) is 16.7 Å². The van der Waals surface area contributed by atoms with Crippen LogP contribution in [0.2, 0.25) is 5.02 Å². The molecule has 0 radical (unpaired) electrons. The highest BCUT2D eigenvalue weighted by Gasteiger charge is 2.06. The first-order valence-electron chi connectivity index (χ1n) is 5.14. The van der Waals surface area contributed by atoms with Gasteiger partial charge in [0.2, 0.25) is 0 Å². The second-order valence-corrected chi connectivity index (χ2v) is 4.04. The summed E-state index contributed by atoms with van der Waals surface area (Å²) >= 11 is 5.92. The van der Waals surface area contributed by atoms with E-state index in [1.807, 2.05) is 36.4 Å². The highest BCUT2D eigenvalue weighted by atomic mass is 35.5. The lowest BCUT2D eigenvalue weighted by atomic mass is 10.3. The normalized spacial score (nSPS) is 10.6. The molecular formula is C12H9ClN4. The van der Waals surface area contributed by atoms with E-state index in [1.165, 1.54) is 0 Å². The van der Waals surface area contributed by atoms with Crippen molar-refractivity contribution in [3.63, 3.8) is 0 Å². The van der Waals surface area contributed by atoms with Crippen LogP contribution in [-0.4, -0.2) is 15.2 Å². The monoisotopic (exact) mass is 244 g/mol.